The van der Waals surface area contributed by atoms with E-state index in [1.807, 2.05) is 36.8 Å². The minimum Gasteiger partial charge on any atom is -0.355 e. The first kappa shape index (κ1) is 22.4. The Balaban J connectivity index is 1.04. The van der Waals surface area contributed by atoms with Gasteiger partial charge in [-0.15, -0.1) is 0 Å². The first-order chi connectivity index (χ1) is 18.2. The van der Waals surface area contributed by atoms with E-state index in [9.17, 15) is 0 Å². The second-order valence-corrected chi connectivity index (χ2v) is 10.4. The summed E-state index contributed by atoms with van der Waals surface area (Å²) >= 11 is 6.10. The van der Waals surface area contributed by atoms with Gasteiger partial charge >= 0.3 is 0 Å². The third-order valence-electron chi connectivity index (χ3n) is 7.62. The van der Waals surface area contributed by atoms with Crippen LogP contribution in [-0.2, 0) is 0 Å². The number of hydrogen-bond acceptors (Lipinski definition) is 7. The molecule has 5 aromatic rings. The van der Waals surface area contributed by atoms with Crippen molar-refractivity contribution in [2.75, 3.05) is 36.0 Å². The van der Waals surface area contributed by atoms with E-state index in [0.29, 0.717) is 16.9 Å². The molecule has 0 bridgehead atoms. The fraction of sp³-hybridized carbons (Fsp3) is 0.276. The van der Waals surface area contributed by atoms with Gasteiger partial charge in [0, 0.05) is 78.1 Å². The van der Waals surface area contributed by atoms with Gasteiger partial charge in [0.1, 0.15) is 0 Å². The number of benzene rings is 2. The smallest absolute Gasteiger partial charge is 0.225 e. The first-order valence-electron chi connectivity index (χ1n) is 12.8. The van der Waals surface area contributed by atoms with Gasteiger partial charge in [0.05, 0.1) is 16.7 Å². The lowest BCUT2D eigenvalue weighted by Crippen LogP contribution is -2.47. The summed E-state index contributed by atoms with van der Waals surface area (Å²) < 4.78 is 0. The van der Waals surface area contributed by atoms with E-state index in [1.54, 1.807) is 0 Å². The molecule has 37 heavy (non-hydrogen) atoms. The van der Waals surface area contributed by atoms with E-state index < -0.39 is 0 Å². The van der Waals surface area contributed by atoms with Gasteiger partial charge in [-0.05, 0) is 43.2 Å². The Kier molecular flexibility index (Phi) is 5.58. The third-order valence-corrected chi connectivity index (χ3v) is 7.85. The van der Waals surface area contributed by atoms with Crippen LogP contribution in [0.5, 0.6) is 0 Å². The van der Waals surface area contributed by atoms with Crippen LogP contribution in [0.25, 0.3) is 21.8 Å². The SMILES string of the molecule is Clc1ccc2nc(N3CC(c4nccnc4N4CCC(c5ccc6ccccc6n5)CC4)C3)ncc2c1. The molecule has 2 fully saturated rings. The summed E-state index contributed by atoms with van der Waals surface area (Å²) in [6.45, 7) is 3.58. The molecular weight excluding hydrogens is 482 g/mol. The molecule has 0 radical (unpaired) electrons. The van der Waals surface area contributed by atoms with Crippen molar-refractivity contribution in [3.05, 3.63) is 89.6 Å². The average Bonchev–Trinajstić information content (AvgIpc) is 2.92. The topological polar surface area (TPSA) is 70.9 Å². The summed E-state index contributed by atoms with van der Waals surface area (Å²) in [4.78, 5) is 28.4. The van der Waals surface area contributed by atoms with Gasteiger partial charge in [0.15, 0.2) is 5.82 Å². The molecule has 0 spiro atoms. The fourth-order valence-corrected chi connectivity index (χ4v) is 5.71. The highest BCUT2D eigenvalue weighted by molar-refractivity contribution is 6.31. The van der Waals surface area contributed by atoms with Crippen LogP contribution in [0.1, 0.15) is 36.1 Å². The molecule has 7 nitrogen and oxygen atoms in total. The minimum atomic E-state index is 0.313. The maximum Gasteiger partial charge on any atom is 0.225 e. The zero-order chi connectivity index (χ0) is 24.8. The van der Waals surface area contributed by atoms with E-state index in [4.69, 9.17) is 31.5 Å². The highest BCUT2D eigenvalue weighted by Gasteiger charge is 2.35. The Hall–Kier alpha value is -3.84. The molecule has 0 atom stereocenters. The van der Waals surface area contributed by atoms with Gasteiger partial charge in [-0.1, -0.05) is 35.9 Å². The van der Waals surface area contributed by atoms with E-state index in [2.05, 4.69) is 51.2 Å². The fourth-order valence-electron chi connectivity index (χ4n) is 5.53. The minimum absolute atomic E-state index is 0.313. The Bertz CT molecular complexity index is 1590. The van der Waals surface area contributed by atoms with Crippen LogP contribution in [0.15, 0.2) is 73.2 Å². The molecular formula is C29H26ClN7. The second-order valence-electron chi connectivity index (χ2n) is 9.93. The highest BCUT2D eigenvalue weighted by atomic mass is 35.5. The van der Waals surface area contributed by atoms with Crippen molar-refractivity contribution in [3.63, 3.8) is 0 Å². The summed E-state index contributed by atoms with van der Waals surface area (Å²) in [5.41, 5.74) is 4.26. The normalized spacial score (nSPS) is 16.9. The van der Waals surface area contributed by atoms with Gasteiger partial charge in [-0.3, -0.25) is 9.97 Å². The standard InChI is InChI=1S/C29H26ClN7/c30-23-6-8-26-21(15-23)16-33-29(35-26)37-17-22(18-37)27-28(32-12-11-31-27)36-13-9-20(10-14-36)25-7-5-19-3-1-2-4-24(19)34-25/h1-8,11-12,15-16,20,22H,9-10,13-14,17-18H2. The lowest BCUT2D eigenvalue weighted by atomic mass is 9.91. The van der Waals surface area contributed by atoms with Gasteiger partial charge in [0.2, 0.25) is 5.95 Å². The Labute approximate surface area is 220 Å². The van der Waals surface area contributed by atoms with E-state index in [1.165, 1.54) is 11.1 Å². The lowest BCUT2D eigenvalue weighted by Gasteiger charge is -2.41. The summed E-state index contributed by atoms with van der Waals surface area (Å²) in [5, 5.41) is 2.84. The average molecular weight is 508 g/mol. The number of hydrogen-bond donors (Lipinski definition) is 0. The van der Waals surface area contributed by atoms with Gasteiger partial charge in [-0.25, -0.2) is 15.0 Å². The zero-order valence-corrected chi connectivity index (χ0v) is 21.1. The number of anilines is 2. The van der Waals surface area contributed by atoms with Gasteiger partial charge in [0.25, 0.3) is 0 Å². The van der Waals surface area contributed by atoms with Crippen molar-refractivity contribution in [2.24, 2.45) is 0 Å². The Morgan fingerprint density at radius 2 is 1.54 bits per heavy atom. The molecule has 2 saturated heterocycles. The summed E-state index contributed by atoms with van der Waals surface area (Å²) in [5.74, 6) is 2.56. The number of rotatable bonds is 4. The van der Waals surface area contributed by atoms with Crippen LogP contribution in [0.3, 0.4) is 0 Å². The van der Waals surface area contributed by atoms with E-state index >= 15 is 0 Å². The van der Waals surface area contributed by atoms with Gasteiger partial charge in [-0.2, -0.15) is 0 Å². The summed E-state index contributed by atoms with van der Waals surface area (Å²) in [6.07, 6.45) is 7.59. The van der Waals surface area contributed by atoms with E-state index in [-0.39, 0.29) is 0 Å². The lowest BCUT2D eigenvalue weighted by molar-refractivity contribution is 0.478. The molecule has 0 amide bonds. The van der Waals surface area contributed by atoms with Crippen LogP contribution in [0.4, 0.5) is 11.8 Å². The molecule has 0 saturated carbocycles. The van der Waals surface area contributed by atoms with Crippen molar-refractivity contribution >= 4 is 45.2 Å². The van der Waals surface area contributed by atoms with E-state index in [0.717, 1.165) is 72.9 Å². The number of fused-ring (bicyclic) bond motifs is 2. The van der Waals surface area contributed by atoms with Crippen LogP contribution < -0.4 is 9.80 Å². The van der Waals surface area contributed by atoms with Crippen LogP contribution in [0.2, 0.25) is 5.02 Å². The molecule has 2 aliphatic rings. The summed E-state index contributed by atoms with van der Waals surface area (Å²) in [6, 6.07) is 18.4. The monoisotopic (exact) mass is 507 g/mol. The zero-order valence-electron chi connectivity index (χ0n) is 20.3. The molecule has 8 heteroatoms. The quantitative estimate of drug-likeness (QED) is 0.313. The third kappa shape index (κ3) is 4.23. The maximum absolute atomic E-state index is 6.10. The molecule has 2 aliphatic heterocycles. The van der Waals surface area contributed by atoms with Crippen LogP contribution in [0, 0.1) is 0 Å². The maximum atomic E-state index is 6.10. The predicted molar refractivity (Wildman–Crippen MR) is 147 cm³/mol. The summed E-state index contributed by atoms with van der Waals surface area (Å²) in [7, 11) is 0. The van der Waals surface area contributed by atoms with Crippen molar-refractivity contribution < 1.29 is 0 Å². The molecule has 3 aromatic heterocycles. The van der Waals surface area contributed by atoms with Gasteiger partial charge < -0.3 is 9.80 Å². The molecule has 0 aliphatic carbocycles. The van der Waals surface area contributed by atoms with Crippen molar-refractivity contribution in [3.8, 4) is 0 Å². The Morgan fingerprint density at radius 1 is 0.730 bits per heavy atom. The van der Waals surface area contributed by atoms with Crippen LogP contribution in [-0.4, -0.2) is 51.1 Å². The number of para-hydroxylation sites is 1. The van der Waals surface area contributed by atoms with Crippen molar-refractivity contribution in [1.82, 2.24) is 24.9 Å². The highest BCUT2D eigenvalue weighted by Crippen LogP contribution is 2.36. The predicted octanol–water partition coefficient (Wildman–Crippen LogP) is 5.61. The Morgan fingerprint density at radius 3 is 2.43 bits per heavy atom. The number of halogens is 1. The van der Waals surface area contributed by atoms with Crippen molar-refractivity contribution in [2.45, 2.75) is 24.7 Å². The molecule has 0 unspecified atom stereocenters. The number of aromatic nitrogens is 5. The van der Waals surface area contributed by atoms with Crippen molar-refractivity contribution in [1.29, 1.82) is 0 Å². The molecule has 2 aromatic carbocycles. The molecule has 5 heterocycles. The molecule has 0 N–H and O–H groups in total. The molecule has 184 valence electrons. The van der Waals surface area contributed by atoms with Crippen LogP contribution >= 0.6 is 11.6 Å². The molecule has 7 rings (SSSR count). The number of piperidine rings is 1. The number of pyridine rings is 1. The first-order valence-corrected chi connectivity index (χ1v) is 13.2. The number of nitrogens with zero attached hydrogens (tertiary/aromatic N) is 7. The second kappa shape index (κ2) is 9.23. The largest absolute Gasteiger partial charge is 0.355 e.